The van der Waals surface area contributed by atoms with Crippen LogP contribution in [0.2, 0.25) is 0 Å². The van der Waals surface area contributed by atoms with Crippen molar-refractivity contribution in [2.24, 2.45) is 17.3 Å². The fourth-order valence-electron chi connectivity index (χ4n) is 6.95. The third-order valence-electron chi connectivity index (χ3n) is 8.63. The highest BCUT2D eigenvalue weighted by Gasteiger charge is 2.54. The molecule has 1 amide bonds. The Balaban J connectivity index is 1.49. The molecular weight excluding hydrogens is 364 g/mol. The fourth-order valence-corrected chi connectivity index (χ4v) is 6.95. The Hall–Kier alpha value is -1.59. The van der Waals surface area contributed by atoms with Crippen LogP contribution >= 0.6 is 0 Å². The summed E-state index contributed by atoms with van der Waals surface area (Å²) in [5.74, 6) is 2.59. The molecule has 1 aromatic rings. The second kappa shape index (κ2) is 7.28. The third kappa shape index (κ3) is 3.00. The van der Waals surface area contributed by atoms with E-state index in [1.165, 1.54) is 17.5 Å². The van der Waals surface area contributed by atoms with Gasteiger partial charge in [0.05, 0.1) is 18.8 Å². The van der Waals surface area contributed by atoms with Crippen molar-refractivity contribution in [3.05, 3.63) is 28.8 Å². The topological polar surface area (TPSA) is 61.8 Å². The van der Waals surface area contributed by atoms with Gasteiger partial charge in [0.1, 0.15) is 5.75 Å². The van der Waals surface area contributed by atoms with Gasteiger partial charge in [0.2, 0.25) is 0 Å². The Bertz CT molecular complexity index is 804. The summed E-state index contributed by atoms with van der Waals surface area (Å²) in [4.78, 5) is 15.2. The summed E-state index contributed by atoms with van der Waals surface area (Å²) in [6.07, 6.45) is 6.41. The molecule has 1 aromatic carbocycles. The normalized spacial score (nSPS) is 36.2. The van der Waals surface area contributed by atoms with E-state index in [1.807, 2.05) is 4.90 Å². The lowest BCUT2D eigenvalue weighted by molar-refractivity contribution is -0.0226. The van der Waals surface area contributed by atoms with Crippen LogP contribution in [0.3, 0.4) is 0 Å². The van der Waals surface area contributed by atoms with Gasteiger partial charge in [-0.25, -0.2) is 0 Å². The molecule has 0 spiro atoms. The van der Waals surface area contributed by atoms with Gasteiger partial charge in [-0.2, -0.15) is 0 Å². The summed E-state index contributed by atoms with van der Waals surface area (Å²) >= 11 is 0. The number of ether oxygens (including phenoxy) is 1. The van der Waals surface area contributed by atoms with Gasteiger partial charge in [-0.05, 0) is 85.0 Å². The van der Waals surface area contributed by atoms with Gasteiger partial charge >= 0.3 is 0 Å². The number of methoxy groups -OCH3 is 1. The van der Waals surface area contributed by atoms with E-state index < -0.39 is 0 Å². The van der Waals surface area contributed by atoms with E-state index in [9.17, 15) is 9.90 Å². The molecule has 5 nitrogen and oxygen atoms in total. The second-order valence-corrected chi connectivity index (χ2v) is 9.85. The highest BCUT2D eigenvalue weighted by molar-refractivity contribution is 5.97. The Morgan fingerprint density at radius 2 is 2.00 bits per heavy atom. The predicted molar refractivity (Wildman–Crippen MR) is 112 cm³/mol. The zero-order valence-corrected chi connectivity index (χ0v) is 17.7. The number of amides is 1. The highest BCUT2D eigenvalue weighted by atomic mass is 16.5. The second-order valence-electron chi connectivity index (χ2n) is 9.85. The standard InChI is InChI=1S/C24H34N2O3/c1-24-8-7-16-17(20(24)5-6-22(24)27)4-3-15-13-21(29-2)19(14-18(15)16)23(28)26-11-9-25-10-12-26/h13-14,16-17,20,22,25,27H,3-12H2,1-2H3. The van der Waals surface area contributed by atoms with Crippen LogP contribution in [-0.2, 0) is 6.42 Å². The minimum absolute atomic E-state index is 0.0879. The molecule has 158 valence electrons. The van der Waals surface area contributed by atoms with E-state index in [0.717, 1.165) is 69.6 Å². The molecule has 1 aliphatic heterocycles. The average Bonchev–Trinajstić information content (AvgIpc) is 3.07. The van der Waals surface area contributed by atoms with Crippen molar-refractivity contribution >= 4 is 5.91 Å². The number of nitrogens with zero attached hydrogens (tertiary/aromatic N) is 1. The first-order chi connectivity index (χ1) is 14.0. The van der Waals surface area contributed by atoms with Gasteiger partial charge in [0.15, 0.2) is 0 Å². The zero-order chi connectivity index (χ0) is 20.2. The highest BCUT2D eigenvalue weighted by Crippen LogP contribution is 2.61. The van der Waals surface area contributed by atoms with E-state index in [4.69, 9.17) is 4.74 Å². The van der Waals surface area contributed by atoms with Crippen LogP contribution in [0.15, 0.2) is 12.1 Å². The number of rotatable bonds is 2. The Labute approximate surface area is 173 Å². The molecule has 3 aliphatic carbocycles. The number of aliphatic hydroxyl groups is 1. The molecule has 2 N–H and O–H groups in total. The number of hydrogen-bond acceptors (Lipinski definition) is 4. The van der Waals surface area contributed by atoms with Crippen molar-refractivity contribution in [3.8, 4) is 5.75 Å². The minimum Gasteiger partial charge on any atom is -0.496 e. The van der Waals surface area contributed by atoms with E-state index in [2.05, 4.69) is 24.4 Å². The Morgan fingerprint density at radius 3 is 2.76 bits per heavy atom. The van der Waals surface area contributed by atoms with Crippen molar-refractivity contribution < 1.29 is 14.6 Å². The number of aryl methyl sites for hydroxylation is 1. The monoisotopic (exact) mass is 398 g/mol. The maximum absolute atomic E-state index is 13.3. The largest absolute Gasteiger partial charge is 0.496 e. The number of fused-ring (bicyclic) bond motifs is 5. The van der Waals surface area contributed by atoms with Gasteiger partial charge in [0.25, 0.3) is 5.91 Å². The molecule has 4 aliphatic rings. The lowest BCUT2D eigenvalue weighted by Crippen LogP contribution is -2.46. The molecule has 5 unspecified atom stereocenters. The lowest BCUT2D eigenvalue weighted by Gasteiger charge is -2.50. The zero-order valence-electron chi connectivity index (χ0n) is 17.7. The minimum atomic E-state index is -0.143. The third-order valence-corrected chi connectivity index (χ3v) is 8.63. The summed E-state index contributed by atoms with van der Waals surface area (Å²) in [6.45, 7) is 5.53. The average molecular weight is 399 g/mol. The SMILES string of the molecule is COc1cc2c(cc1C(=O)N1CCNCC1)C1CCC3(C)C(O)CCC3C1CC2. The Morgan fingerprint density at radius 1 is 1.21 bits per heavy atom. The lowest BCUT2D eigenvalue weighted by atomic mass is 9.55. The van der Waals surface area contributed by atoms with Crippen molar-refractivity contribution in [2.45, 2.75) is 57.5 Å². The summed E-state index contributed by atoms with van der Waals surface area (Å²) < 4.78 is 5.66. The summed E-state index contributed by atoms with van der Waals surface area (Å²) in [6, 6.07) is 4.31. The van der Waals surface area contributed by atoms with E-state index in [1.54, 1.807) is 7.11 Å². The number of benzene rings is 1. The van der Waals surface area contributed by atoms with Crippen LogP contribution in [0.4, 0.5) is 0 Å². The summed E-state index contributed by atoms with van der Waals surface area (Å²) in [7, 11) is 1.67. The fraction of sp³-hybridized carbons (Fsp3) is 0.708. The number of carbonyl (C=O) groups excluding carboxylic acids is 1. The van der Waals surface area contributed by atoms with Crippen molar-refractivity contribution in [2.75, 3.05) is 33.3 Å². The van der Waals surface area contributed by atoms with Gasteiger partial charge in [-0.15, -0.1) is 0 Å². The van der Waals surface area contributed by atoms with E-state index in [-0.39, 0.29) is 17.4 Å². The molecule has 5 rings (SSSR count). The van der Waals surface area contributed by atoms with Crippen LogP contribution in [0.25, 0.3) is 0 Å². The molecule has 5 heteroatoms. The van der Waals surface area contributed by atoms with Gasteiger partial charge in [-0.1, -0.05) is 6.92 Å². The van der Waals surface area contributed by atoms with Crippen molar-refractivity contribution in [3.63, 3.8) is 0 Å². The maximum atomic E-state index is 13.3. The van der Waals surface area contributed by atoms with Crippen LogP contribution < -0.4 is 10.1 Å². The van der Waals surface area contributed by atoms with E-state index in [0.29, 0.717) is 17.8 Å². The number of hydrogen-bond donors (Lipinski definition) is 2. The number of aliphatic hydroxyl groups excluding tert-OH is 1. The first-order valence-corrected chi connectivity index (χ1v) is 11.4. The quantitative estimate of drug-likeness (QED) is 0.804. The molecule has 2 saturated carbocycles. The number of piperazine rings is 1. The number of nitrogens with one attached hydrogen (secondary N) is 1. The molecule has 0 radical (unpaired) electrons. The van der Waals surface area contributed by atoms with E-state index >= 15 is 0 Å². The molecule has 5 atom stereocenters. The van der Waals surface area contributed by atoms with Crippen LogP contribution in [0.5, 0.6) is 5.75 Å². The molecular formula is C24H34N2O3. The smallest absolute Gasteiger partial charge is 0.257 e. The van der Waals surface area contributed by atoms with Crippen LogP contribution in [-0.4, -0.2) is 55.3 Å². The Kier molecular flexibility index (Phi) is 4.86. The summed E-state index contributed by atoms with van der Waals surface area (Å²) in [5.41, 5.74) is 3.56. The van der Waals surface area contributed by atoms with Crippen LogP contribution in [0, 0.1) is 17.3 Å². The molecule has 3 fully saturated rings. The molecule has 0 bridgehead atoms. The van der Waals surface area contributed by atoms with Gasteiger partial charge in [-0.3, -0.25) is 4.79 Å². The van der Waals surface area contributed by atoms with Gasteiger partial charge in [0, 0.05) is 26.2 Å². The summed E-state index contributed by atoms with van der Waals surface area (Å²) in [5, 5.41) is 13.9. The molecule has 0 aromatic heterocycles. The molecule has 29 heavy (non-hydrogen) atoms. The van der Waals surface area contributed by atoms with Crippen molar-refractivity contribution in [1.82, 2.24) is 10.2 Å². The molecule has 1 saturated heterocycles. The maximum Gasteiger partial charge on any atom is 0.257 e. The van der Waals surface area contributed by atoms with Crippen molar-refractivity contribution in [1.29, 1.82) is 0 Å². The first-order valence-electron chi connectivity index (χ1n) is 11.4. The first kappa shape index (κ1) is 19.4. The van der Waals surface area contributed by atoms with Crippen LogP contribution in [0.1, 0.15) is 66.4 Å². The predicted octanol–water partition coefficient (Wildman–Crippen LogP) is 2.96. The van der Waals surface area contributed by atoms with Gasteiger partial charge < -0.3 is 20.1 Å². The molecule has 1 heterocycles. The number of carbonyl (C=O) groups is 1.